The Balaban J connectivity index is 0.000000168. The fraction of sp³-hybridized carbons (Fsp3) is 0. The van der Waals surface area contributed by atoms with Crippen LogP contribution in [0.15, 0.2) is 97.6 Å². The van der Waals surface area contributed by atoms with Gasteiger partial charge >= 0.3 is 0 Å². The summed E-state index contributed by atoms with van der Waals surface area (Å²) in [5, 5.41) is 0. The van der Waals surface area contributed by atoms with Crippen LogP contribution >= 0.6 is 0 Å². The zero-order valence-electron chi connectivity index (χ0n) is 21.8. The molecule has 42 heavy (non-hydrogen) atoms. The number of rotatable bonds is 4. The van der Waals surface area contributed by atoms with Crippen LogP contribution in [0.2, 0.25) is 0 Å². The third-order valence-corrected chi connectivity index (χ3v) is 5.94. The van der Waals surface area contributed by atoms with Crippen LogP contribution in [0.1, 0.15) is 0 Å². The van der Waals surface area contributed by atoms with Crippen LogP contribution in [-0.2, 0) is 0 Å². The summed E-state index contributed by atoms with van der Waals surface area (Å²) in [6, 6.07) is 18.5. The van der Waals surface area contributed by atoms with E-state index in [1.807, 2.05) is 0 Å². The number of pyridine rings is 2. The molecule has 0 aliphatic carbocycles. The van der Waals surface area contributed by atoms with Crippen LogP contribution in [0, 0.1) is 17.6 Å². The van der Waals surface area contributed by atoms with E-state index in [0.717, 1.165) is 5.56 Å². The first-order chi connectivity index (χ1) is 20.3. The van der Waals surface area contributed by atoms with E-state index in [0.29, 0.717) is 45.0 Å². The summed E-state index contributed by atoms with van der Waals surface area (Å²) < 4.78 is 40.1. The molecule has 6 aromatic rings. The second-order valence-electron chi connectivity index (χ2n) is 8.84. The maximum atomic E-state index is 13.4. The summed E-state index contributed by atoms with van der Waals surface area (Å²) in [5.74, 6) is -0.780. The minimum Gasteiger partial charge on any atom is -0.384 e. The molecule has 0 atom stereocenters. The van der Waals surface area contributed by atoms with E-state index >= 15 is 0 Å². The molecule has 0 unspecified atom stereocenters. The lowest BCUT2D eigenvalue weighted by molar-refractivity contribution is 0.584. The predicted molar refractivity (Wildman–Crippen MR) is 155 cm³/mol. The molecule has 0 aliphatic rings. The molecule has 0 aliphatic heterocycles. The molecule has 208 valence electrons. The second kappa shape index (κ2) is 12.1. The lowest BCUT2D eigenvalue weighted by Gasteiger charge is -2.10. The van der Waals surface area contributed by atoms with Crippen LogP contribution in [0.4, 0.5) is 30.9 Å². The molecule has 0 spiro atoms. The van der Waals surface area contributed by atoms with Gasteiger partial charge in [-0.1, -0.05) is 24.3 Å². The van der Waals surface area contributed by atoms with Crippen LogP contribution in [0.5, 0.6) is 0 Å². The highest BCUT2D eigenvalue weighted by Gasteiger charge is 2.13. The maximum Gasteiger partial charge on any atom is 0.220 e. The van der Waals surface area contributed by atoms with E-state index in [4.69, 9.17) is 17.2 Å². The number of aromatic nitrogens is 6. The molecular weight excluding hydrogens is 543 g/mol. The zero-order valence-corrected chi connectivity index (χ0v) is 21.8. The first-order valence-corrected chi connectivity index (χ1v) is 12.4. The van der Waals surface area contributed by atoms with Crippen molar-refractivity contribution in [3.63, 3.8) is 0 Å². The van der Waals surface area contributed by atoms with E-state index in [1.54, 1.807) is 54.9 Å². The molecule has 4 aromatic heterocycles. The van der Waals surface area contributed by atoms with Gasteiger partial charge in [0.1, 0.15) is 17.5 Å². The molecule has 12 heteroatoms. The normalized spacial score (nSPS) is 10.5. The fourth-order valence-corrected chi connectivity index (χ4v) is 4.11. The molecule has 4 heterocycles. The second-order valence-corrected chi connectivity index (χ2v) is 8.84. The monoisotopic (exact) mass is 565 g/mol. The minimum atomic E-state index is -0.616. The number of nitrogen functional groups attached to an aromatic ring is 3. The van der Waals surface area contributed by atoms with E-state index in [2.05, 4.69) is 29.9 Å². The van der Waals surface area contributed by atoms with Crippen molar-refractivity contribution in [3.05, 3.63) is 115 Å². The number of anilines is 3. The standard InChI is InChI=1S/C15H10F2N4.C15H12FN5/c2*16-11-3-1-2-10(6-11)14-12(8-20-15(18)21-14)9-4-5-19-13(17)7-9/h1-8H,(H2,18,20,21);1-8H,(H2,17,19)(H2,18,20,21). The van der Waals surface area contributed by atoms with Crippen molar-refractivity contribution >= 4 is 17.7 Å². The average molecular weight is 566 g/mol. The number of halogens is 3. The molecule has 0 bridgehead atoms. The van der Waals surface area contributed by atoms with Crippen molar-refractivity contribution in [3.8, 4) is 44.8 Å². The largest absolute Gasteiger partial charge is 0.384 e. The summed E-state index contributed by atoms with van der Waals surface area (Å²) in [6.07, 6.45) is 6.02. The van der Waals surface area contributed by atoms with Gasteiger partial charge in [0.15, 0.2) is 0 Å². The summed E-state index contributed by atoms with van der Waals surface area (Å²) in [4.78, 5) is 23.8. The van der Waals surface area contributed by atoms with E-state index < -0.39 is 11.8 Å². The van der Waals surface area contributed by atoms with Crippen LogP contribution in [0.25, 0.3) is 44.8 Å². The van der Waals surface area contributed by atoms with Crippen LogP contribution in [-0.4, -0.2) is 29.9 Å². The van der Waals surface area contributed by atoms with Crippen LogP contribution < -0.4 is 17.2 Å². The lowest BCUT2D eigenvalue weighted by Crippen LogP contribution is -1.99. The quantitative estimate of drug-likeness (QED) is 0.232. The summed E-state index contributed by atoms with van der Waals surface area (Å²) in [5.41, 5.74) is 21.7. The van der Waals surface area contributed by atoms with Gasteiger partial charge in [0.2, 0.25) is 17.8 Å². The number of hydrogen-bond acceptors (Lipinski definition) is 9. The molecule has 9 nitrogen and oxygen atoms in total. The molecule has 0 amide bonds. The van der Waals surface area contributed by atoms with Gasteiger partial charge in [-0.15, -0.1) is 0 Å². The molecule has 6 N–H and O–H groups in total. The van der Waals surface area contributed by atoms with Gasteiger partial charge in [-0.25, -0.2) is 38.7 Å². The molecule has 0 fully saturated rings. The van der Waals surface area contributed by atoms with E-state index in [-0.39, 0.29) is 17.7 Å². The van der Waals surface area contributed by atoms with Gasteiger partial charge in [-0.3, -0.25) is 0 Å². The summed E-state index contributed by atoms with van der Waals surface area (Å²) >= 11 is 0. The van der Waals surface area contributed by atoms with Crippen molar-refractivity contribution in [2.45, 2.75) is 0 Å². The topological polar surface area (TPSA) is 155 Å². The van der Waals surface area contributed by atoms with Gasteiger partial charge in [0, 0.05) is 53.1 Å². The molecule has 0 radical (unpaired) electrons. The SMILES string of the molecule is Nc1cc(-c2cnc(N)nc2-c2cccc(F)c2)ccn1.Nc1ncc(-c2ccnc(F)c2)c(-c2cccc(F)c2)n1. The molecule has 0 saturated heterocycles. The highest BCUT2D eigenvalue weighted by atomic mass is 19.1. The number of hydrogen-bond donors (Lipinski definition) is 3. The highest BCUT2D eigenvalue weighted by molar-refractivity contribution is 5.82. The Morgan fingerprint density at radius 3 is 1.48 bits per heavy atom. The first kappa shape index (κ1) is 27.6. The molecule has 0 saturated carbocycles. The summed E-state index contributed by atoms with van der Waals surface area (Å²) in [6.45, 7) is 0. The Hall–Kier alpha value is -5.91. The Morgan fingerprint density at radius 1 is 0.500 bits per heavy atom. The van der Waals surface area contributed by atoms with Gasteiger partial charge < -0.3 is 17.2 Å². The number of benzene rings is 2. The Bertz CT molecular complexity index is 1750. The van der Waals surface area contributed by atoms with Crippen molar-refractivity contribution in [1.29, 1.82) is 0 Å². The third-order valence-electron chi connectivity index (χ3n) is 5.94. The molecule has 6 rings (SSSR count). The first-order valence-electron chi connectivity index (χ1n) is 12.4. The smallest absolute Gasteiger partial charge is 0.220 e. The number of nitrogens with two attached hydrogens (primary N) is 3. The predicted octanol–water partition coefficient (Wildman–Crippen LogP) is 5.58. The van der Waals surface area contributed by atoms with Crippen molar-refractivity contribution in [1.82, 2.24) is 29.9 Å². The fourth-order valence-electron chi connectivity index (χ4n) is 4.11. The molecule has 2 aromatic carbocycles. The Labute approximate surface area is 238 Å². The zero-order chi connectivity index (χ0) is 29.6. The molecular formula is C30H22F3N9. The van der Waals surface area contributed by atoms with E-state index in [9.17, 15) is 13.2 Å². The minimum absolute atomic E-state index is 0.0625. The Kier molecular flexibility index (Phi) is 7.96. The van der Waals surface area contributed by atoms with E-state index in [1.165, 1.54) is 42.7 Å². The lowest BCUT2D eigenvalue weighted by atomic mass is 10.0. The Morgan fingerprint density at radius 2 is 1.00 bits per heavy atom. The van der Waals surface area contributed by atoms with Gasteiger partial charge in [0.25, 0.3) is 0 Å². The highest BCUT2D eigenvalue weighted by Crippen LogP contribution is 2.32. The van der Waals surface area contributed by atoms with Crippen molar-refractivity contribution in [2.75, 3.05) is 17.2 Å². The average Bonchev–Trinajstić information content (AvgIpc) is 2.97. The van der Waals surface area contributed by atoms with Crippen molar-refractivity contribution < 1.29 is 13.2 Å². The van der Waals surface area contributed by atoms with Gasteiger partial charge in [0.05, 0.1) is 11.4 Å². The maximum absolute atomic E-state index is 13.4. The summed E-state index contributed by atoms with van der Waals surface area (Å²) in [7, 11) is 0. The van der Waals surface area contributed by atoms with Gasteiger partial charge in [-0.05, 0) is 53.6 Å². The van der Waals surface area contributed by atoms with Gasteiger partial charge in [-0.2, -0.15) is 4.39 Å². The van der Waals surface area contributed by atoms with Crippen LogP contribution in [0.3, 0.4) is 0 Å². The third kappa shape index (κ3) is 6.45. The number of nitrogens with zero attached hydrogens (tertiary/aromatic N) is 6. The van der Waals surface area contributed by atoms with Crippen molar-refractivity contribution in [2.24, 2.45) is 0 Å².